The Kier molecular flexibility index (Phi) is 7.38. The van der Waals surface area contributed by atoms with Gasteiger partial charge in [-0.05, 0) is 31.3 Å². The molecule has 0 aliphatic carbocycles. The molecule has 0 aliphatic heterocycles. The van der Waals surface area contributed by atoms with Gasteiger partial charge in [-0.1, -0.05) is 25.6 Å². The molecule has 0 radical (unpaired) electrons. The van der Waals surface area contributed by atoms with Crippen molar-refractivity contribution in [3.8, 4) is 0 Å². The molecule has 0 aromatic carbocycles. The fourth-order valence-corrected chi connectivity index (χ4v) is 3.48. The van der Waals surface area contributed by atoms with Crippen molar-refractivity contribution >= 4 is 29.5 Å². The Morgan fingerprint density at radius 2 is 2.26 bits per heavy atom. The topological polar surface area (TPSA) is 55.1 Å². The van der Waals surface area contributed by atoms with E-state index in [9.17, 15) is 4.79 Å². The van der Waals surface area contributed by atoms with Gasteiger partial charge in [-0.25, -0.2) is 4.98 Å². The first-order chi connectivity index (χ1) is 9.10. The number of imidazole rings is 1. The van der Waals surface area contributed by atoms with E-state index in [-0.39, 0.29) is 5.75 Å². The molecule has 1 heterocycles. The van der Waals surface area contributed by atoms with Crippen LogP contribution in [0.2, 0.25) is 0 Å². The fraction of sp³-hybridized carbons (Fsp3) is 0.692. The summed E-state index contributed by atoms with van der Waals surface area (Å²) in [6, 6.07) is 0.368. The molecular weight excluding hydrogens is 280 g/mol. The zero-order valence-electron chi connectivity index (χ0n) is 11.8. The minimum atomic E-state index is -0.799. The highest BCUT2D eigenvalue weighted by Crippen LogP contribution is 2.26. The number of aryl methyl sites for hydroxylation is 1. The number of hydrogen-bond donors (Lipinski definition) is 1. The van der Waals surface area contributed by atoms with E-state index in [0.29, 0.717) is 6.04 Å². The fourth-order valence-electron chi connectivity index (χ4n) is 1.87. The smallest absolute Gasteiger partial charge is 0.313 e. The molecule has 1 atom stereocenters. The predicted octanol–water partition coefficient (Wildman–Crippen LogP) is 3.33. The first-order valence-corrected chi connectivity index (χ1v) is 8.72. The summed E-state index contributed by atoms with van der Waals surface area (Å²) in [5.74, 6) is 1.53. The molecule has 1 unspecified atom stereocenters. The van der Waals surface area contributed by atoms with Gasteiger partial charge in [0.2, 0.25) is 0 Å². The predicted molar refractivity (Wildman–Crippen MR) is 82.3 cm³/mol. The molecule has 1 N–H and O–H groups in total. The molecule has 0 fully saturated rings. The van der Waals surface area contributed by atoms with Crippen LogP contribution in [0.15, 0.2) is 11.4 Å². The summed E-state index contributed by atoms with van der Waals surface area (Å²) in [7, 11) is 0. The summed E-state index contributed by atoms with van der Waals surface area (Å²) in [5, 5.41) is 9.61. The molecule has 0 spiro atoms. The minimum absolute atomic E-state index is 0.0661. The van der Waals surface area contributed by atoms with Crippen LogP contribution in [0, 0.1) is 0 Å². The molecular formula is C13H22N2O2S2. The standard InChI is InChI=1S/C13H22N2O2S2/c1-4-11-8-14-13(19-9-12(16)17)15(11)10(3)6-7-18-5-2/h8,10H,4-7,9H2,1-3H3,(H,16,17). The van der Waals surface area contributed by atoms with Crippen LogP contribution in [0.3, 0.4) is 0 Å². The lowest BCUT2D eigenvalue weighted by molar-refractivity contribution is -0.133. The Morgan fingerprint density at radius 1 is 1.53 bits per heavy atom. The van der Waals surface area contributed by atoms with Crippen LogP contribution >= 0.6 is 23.5 Å². The second kappa shape index (κ2) is 8.53. The number of carboxylic acids is 1. The first kappa shape index (κ1) is 16.4. The Hall–Kier alpha value is -0.620. The Labute approximate surface area is 123 Å². The van der Waals surface area contributed by atoms with E-state index in [0.717, 1.165) is 29.5 Å². The lowest BCUT2D eigenvalue weighted by Gasteiger charge is -2.18. The van der Waals surface area contributed by atoms with Crippen LogP contribution in [-0.2, 0) is 11.2 Å². The second-order valence-electron chi connectivity index (χ2n) is 4.27. The molecule has 108 valence electrons. The Bertz CT molecular complexity index is 407. The third-order valence-electron chi connectivity index (χ3n) is 2.85. The van der Waals surface area contributed by atoms with Crippen molar-refractivity contribution in [2.45, 2.75) is 44.8 Å². The second-order valence-corrected chi connectivity index (χ2v) is 6.61. The van der Waals surface area contributed by atoms with Gasteiger partial charge < -0.3 is 9.67 Å². The zero-order chi connectivity index (χ0) is 14.3. The molecule has 0 amide bonds. The van der Waals surface area contributed by atoms with Gasteiger partial charge in [0, 0.05) is 17.9 Å². The quantitative estimate of drug-likeness (QED) is 0.560. The molecule has 0 bridgehead atoms. The largest absolute Gasteiger partial charge is 0.481 e. The van der Waals surface area contributed by atoms with E-state index in [1.54, 1.807) is 0 Å². The molecule has 1 rings (SSSR count). The summed E-state index contributed by atoms with van der Waals surface area (Å²) >= 11 is 3.24. The van der Waals surface area contributed by atoms with Crippen molar-refractivity contribution in [1.29, 1.82) is 0 Å². The number of aliphatic carboxylic acids is 1. The highest BCUT2D eigenvalue weighted by molar-refractivity contribution is 7.99. The molecule has 0 saturated carbocycles. The summed E-state index contributed by atoms with van der Waals surface area (Å²) in [5.41, 5.74) is 1.18. The van der Waals surface area contributed by atoms with Crippen molar-refractivity contribution in [2.24, 2.45) is 0 Å². The van der Waals surface area contributed by atoms with Crippen LogP contribution in [0.4, 0.5) is 0 Å². The van der Waals surface area contributed by atoms with E-state index in [2.05, 4.69) is 30.3 Å². The van der Waals surface area contributed by atoms with E-state index < -0.39 is 5.97 Å². The molecule has 19 heavy (non-hydrogen) atoms. The maximum Gasteiger partial charge on any atom is 0.313 e. The Balaban J connectivity index is 2.76. The van der Waals surface area contributed by atoms with E-state index >= 15 is 0 Å². The van der Waals surface area contributed by atoms with Crippen molar-refractivity contribution in [3.63, 3.8) is 0 Å². The van der Waals surface area contributed by atoms with Gasteiger partial charge in [-0.15, -0.1) is 0 Å². The van der Waals surface area contributed by atoms with Crippen LogP contribution < -0.4 is 0 Å². The van der Waals surface area contributed by atoms with Crippen molar-refractivity contribution in [3.05, 3.63) is 11.9 Å². The van der Waals surface area contributed by atoms with Crippen molar-refractivity contribution < 1.29 is 9.90 Å². The lowest BCUT2D eigenvalue weighted by atomic mass is 10.2. The monoisotopic (exact) mass is 302 g/mol. The van der Waals surface area contributed by atoms with E-state index in [4.69, 9.17) is 5.11 Å². The zero-order valence-corrected chi connectivity index (χ0v) is 13.4. The number of nitrogens with zero attached hydrogens (tertiary/aromatic N) is 2. The van der Waals surface area contributed by atoms with E-state index in [1.165, 1.54) is 17.5 Å². The number of carboxylic acid groups (broad SMARTS) is 1. The first-order valence-electron chi connectivity index (χ1n) is 6.58. The SMILES string of the molecule is CCSCCC(C)n1c(CC)cnc1SCC(=O)O. The van der Waals surface area contributed by atoms with Crippen molar-refractivity contribution in [2.75, 3.05) is 17.3 Å². The molecule has 6 heteroatoms. The van der Waals surface area contributed by atoms with Gasteiger partial charge >= 0.3 is 5.97 Å². The lowest BCUT2D eigenvalue weighted by Crippen LogP contribution is -2.12. The highest BCUT2D eigenvalue weighted by atomic mass is 32.2. The molecule has 0 saturated heterocycles. The minimum Gasteiger partial charge on any atom is -0.481 e. The summed E-state index contributed by atoms with van der Waals surface area (Å²) in [4.78, 5) is 15.0. The van der Waals surface area contributed by atoms with Crippen LogP contribution in [-0.4, -0.2) is 37.9 Å². The molecule has 4 nitrogen and oxygen atoms in total. The van der Waals surface area contributed by atoms with Crippen LogP contribution in [0.1, 0.15) is 38.9 Å². The number of aromatic nitrogens is 2. The third kappa shape index (κ3) is 5.10. The summed E-state index contributed by atoms with van der Waals surface area (Å²) in [6.07, 6.45) is 3.88. The third-order valence-corrected chi connectivity index (χ3v) is 4.74. The van der Waals surface area contributed by atoms with Gasteiger partial charge in [0.05, 0.1) is 5.75 Å². The maximum absolute atomic E-state index is 10.7. The Morgan fingerprint density at radius 3 is 2.84 bits per heavy atom. The average molecular weight is 302 g/mol. The van der Waals surface area contributed by atoms with Gasteiger partial charge in [0.15, 0.2) is 5.16 Å². The van der Waals surface area contributed by atoms with E-state index in [1.807, 2.05) is 18.0 Å². The van der Waals surface area contributed by atoms with Crippen LogP contribution in [0.25, 0.3) is 0 Å². The van der Waals surface area contributed by atoms with Gasteiger partial charge in [0.1, 0.15) is 0 Å². The molecule has 0 aliphatic rings. The van der Waals surface area contributed by atoms with Gasteiger partial charge in [0.25, 0.3) is 0 Å². The van der Waals surface area contributed by atoms with Gasteiger partial charge in [-0.2, -0.15) is 11.8 Å². The van der Waals surface area contributed by atoms with Crippen LogP contribution in [0.5, 0.6) is 0 Å². The summed E-state index contributed by atoms with van der Waals surface area (Å²) < 4.78 is 2.20. The number of rotatable bonds is 9. The van der Waals surface area contributed by atoms with Gasteiger partial charge in [-0.3, -0.25) is 4.79 Å². The average Bonchev–Trinajstić information content (AvgIpc) is 2.79. The highest BCUT2D eigenvalue weighted by Gasteiger charge is 2.15. The maximum atomic E-state index is 10.7. The molecule has 1 aromatic rings. The summed E-state index contributed by atoms with van der Waals surface area (Å²) in [6.45, 7) is 6.45. The number of carbonyl (C=O) groups is 1. The van der Waals surface area contributed by atoms with Crippen molar-refractivity contribution in [1.82, 2.24) is 9.55 Å². The molecule has 1 aromatic heterocycles. The normalized spacial score (nSPS) is 12.6. The number of hydrogen-bond acceptors (Lipinski definition) is 4. The number of thioether (sulfide) groups is 2.